The van der Waals surface area contributed by atoms with E-state index in [1.807, 2.05) is 11.5 Å². The number of amides is 2. The van der Waals surface area contributed by atoms with Crippen molar-refractivity contribution < 1.29 is 14.0 Å². The van der Waals surface area contributed by atoms with E-state index in [-0.39, 0.29) is 29.9 Å². The number of rotatable bonds is 7. The van der Waals surface area contributed by atoms with Gasteiger partial charge in [0.05, 0.1) is 12.3 Å². The highest BCUT2D eigenvalue weighted by atomic mass is 32.2. The van der Waals surface area contributed by atoms with Gasteiger partial charge in [0.2, 0.25) is 11.8 Å². The predicted molar refractivity (Wildman–Crippen MR) is 89.1 cm³/mol. The van der Waals surface area contributed by atoms with Crippen molar-refractivity contribution in [2.45, 2.75) is 18.6 Å². The summed E-state index contributed by atoms with van der Waals surface area (Å²) in [7, 11) is 1.55. The average Bonchev–Trinajstić information content (AvgIpc) is 3.02. The Labute approximate surface area is 143 Å². The first-order chi connectivity index (χ1) is 11.5. The Bertz CT molecular complexity index is 704. The van der Waals surface area contributed by atoms with Gasteiger partial charge in [0.1, 0.15) is 12.1 Å². The Morgan fingerprint density at radius 1 is 1.33 bits per heavy atom. The van der Waals surface area contributed by atoms with E-state index in [9.17, 15) is 14.0 Å². The van der Waals surface area contributed by atoms with Crippen molar-refractivity contribution in [1.82, 2.24) is 19.7 Å². The number of nitrogens with one attached hydrogen (secondary N) is 1. The third-order valence-corrected chi connectivity index (χ3v) is 4.15. The molecule has 2 rings (SSSR count). The molecule has 1 aromatic heterocycles. The van der Waals surface area contributed by atoms with Gasteiger partial charge >= 0.3 is 0 Å². The first-order valence-electron chi connectivity index (χ1n) is 7.29. The molecule has 0 aliphatic heterocycles. The molecule has 24 heavy (non-hydrogen) atoms. The number of aromatic nitrogens is 3. The first kappa shape index (κ1) is 17.9. The summed E-state index contributed by atoms with van der Waals surface area (Å²) in [5, 5.41) is 11.0. The number of hydrogen-bond donors (Lipinski definition) is 1. The smallest absolute Gasteiger partial charge is 0.243 e. The van der Waals surface area contributed by atoms with Crippen LogP contribution in [0.1, 0.15) is 6.92 Å². The summed E-state index contributed by atoms with van der Waals surface area (Å²) < 4.78 is 14.6. The molecule has 1 heterocycles. The van der Waals surface area contributed by atoms with E-state index in [1.54, 1.807) is 13.4 Å². The number of hydrogen-bond acceptors (Lipinski definition) is 5. The highest BCUT2D eigenvalue weighted by Gasteiger charge is 2.15. The van der Waals surface area contributed by atoms with Gasteiger partial charge in [0.25, 0.3) is 0 Å². The van der Waals surface area contributed by atoms with Crippen molar-refractivity contribution in [3.05, 3.63) is 36.4 Å². The average molecular weight is 351 g/mol. The molecule has 0 unspecified atom stereocenters. The van der Waals surface area contributed by atoms with Crippen molar-refractivity contribution in [3.63, 3.8) is 0 Å². The zero-order chi connectivity index (χ0) is 17.5. The van der Waals surface area contributed by atoms with Crippen molar-refractivity contribution >= 4 is 29.3 Å². The van der Waals surface area contributed by atoms with Crippen molar-refractivity contribution in [1.29, 1.82) is 0 Å². The molecule has 2 aromatic rings. The second-order valence-electron chi connectivity index (χ2n) is 4.99. The highest BCUT2D eigenvalue weighted by molar-refractivity contribution is 7.99. The van der Waals surface area contributed by atoms with E-state index in [2.05, 4.69) is 15.5 Å². The summed E-state index contributed by atoms with van der Waals surface area (Å²) in [6.07, 6.45) is 1.60. The molecule has 0 fully saturated rings. The third-order valence-electron chi connectivity index (χ3n) is 3.18. The van der Waals surface area contributed by atoms with Crippen LogP contribution in [0.15, 0.2) is 35.7 Å². The standard InChI is InChI=1S/C15H18FN5O2S/c1-3-21-10-17-19-15(21)24-9-14(23)20(2)8-13(22)18-12-6-4-11(16)5-7-12/h4-7,10H,3,8-9H2,1-2H3,(H,18,22). The normalized spacial score (nSPS) is 10.5. The van der Waals surface area contributed by atoms with Crippen LogP contribution in [0.4, 0.5) is 10.1 Å². The molecule has 1 aromatic carbocycles. The maximum absolute atomic E-state index is 12.8. The Kier molecular flexibility index (Phi) is 6.30. The van der Waals surface area contributed by atoms with Gasteiger partial charge < -0.3 is 14.8 Å². The van der Waals surface area contributed by atoms with Crippen molar-refractivity contribution in [2.24, 2.45) is 0 Å². The SMILES string of the molecule is CCn1cnnc1SCC(=O)N(C)CC(=O)Nc1ccc(F)cc1. The molecule has 9 heteroatoms. The molecule has 0 saturated heterocycles. The molecule has 0 aliphatic carbocycles. The van der Waals surface area contributed by atoms with Gasteiger partial charge in [-0.3, -0.25) is 9.59 Å². The minimum atomic E-state index is -0.378. The fraction of sp³-hybridized carbons (Fsp3) is 0.333. The molecule has 0 bridgehead atoms. The van der Waals surface area contributed by atoms with E-state index in [1.165, 1.54) is 40.9 Å². The van der Waals surface area contributed by atoms with E-state index in [4.69, 9.17) is 0 Å². The number of aryl methyl sites for hydroxylation is 1. The second kappa shape index (κ2) is 8.44. The van der Waals surface area contributed by atoms with Crippen LogP contribution >= 0.6 is 11.8 Å². The lowest BCUT2D eigenvalue weighted by atomic mass is 10.3. The van der Waals surface area contributed by atoms with E-state index in [0.717, 1.165) is 6.54 Å². The summed E-state index contributed by atoms with van der Waals surface area (Å²) in [5.74, 6) is -0.754. The quantitative estimate of drug-likeness (QED) is 0.767. The van der Waals surface area contributed by atoms with Crippen LogP contribution in [0.2, 0.25) is 0 Å². The van der Waals surface area contributed by atoms with Crippen LogP contribution in [0, 0.1) is 5.82 Å². The van der Waals surface area contributed by atoms with Crippen LogP contribution < -0.4 is 5.32 Å². The number of carbonyl (C=O) groups excluding carboxylic acids is 2. The lowest BCUT2D eigenvalue weighted by Crippen LogP contribution is -2.36. The number of halogens is 1. The van der Waals surface area contributed by atoms with Gasteiger partial charge in [-0.05, 0) is 31.2 Å². The first-order valence-corrected chi connectivity index (χ1v) is 8.28. The minimum Gasteiger partial charge on any atom is -0.336 e. The largest absolute Gasteiger partial charge is 0.336 e. The van der Waals surface area contributed by atoms with Crippen LogP contribution in [0.25, 0.3) is 0 Å². The minimum absolute atomic E-state index is 0.0861. The molecule has 2 amide bonds. The molecule has 0 spiro atoms. The molecule has 7 nitrogen and oxygen atoms in total. The molecular formula is C15H18FN5O2S. The van der Waals surface area contributed by atoms with Gasteiger partial charge in [-0.1, -0.05) is 11.8 Å². The number of nitrogens with zero attached hydrogens (tertiary/aromatic N) is 4. The number of anilines is 1. The Morgan fingerprint density at radius 3 is 2.71 bits per heavy atom. The molecule has 0 atom stereocenters. The second-order valence-corrected chi connectivity index (χ2v) is 5.94. The molecule has 128 valence electrons. The maximum atomic E-state index is 12.8. The number of thioether (sulfide) groups is 1. The fourth-order valence-electron chi connectivity index (χ4n) is 1.85. The predicted octanol–water partition coefficient (Wildman–Crippen LogP) is 1.63. The number of benzene rings is 1. The Balaban J connectivity index is 1.80. The molecular weight excluding hydrogens is 333 g/mol. The van der Waals surface area contributed by atoms with Gasteiger partial charge in [0, 0.05) is 19.3 Å². The molecule has 0 saturated carbocycles. The number of carbonyl (C=O) groups is 2. The lowest BCUT2D eigenvalue weighted by Gasteiger charge is -2.16. The number of likely N-dealkylation sites (N-methyl/N-ethyl adjacent to an activating group) is 1. The van der Waals surface area contributed by atoms with Gasteiger partial charge in [0.15, 0.2) is 5.16 Å². The Morgan fingerprint density at radius 2 is 2.04 bits per heavy atom. The third kappa shape index (κ3) is 5.05. The van der Waals surface area contributed by atoms with Crippen LogP contribution in [0.5, 0.6) is 0 Å². The van der Waals surface area contributed by atoms with Crippen molar-refractivity contribution in [2.75, 3.05) is 24.7 Å². The summed E-state index contributed by atoms with van der Waals surface area (Å²) >= 11 is 1.27. The van der Waals surface area contributed by atoms with Crippen LogP contribution in [-0.2, 0) is 16.1 Å². The molecule has 0 aliphatic rings. The molecule has 1 N–H and O–H groups in total. The van der Waals surface area contributed by atoms with Gasteiger partial charge in [-0.25, -0.2) is 4.39 Å². The topological polar surface area (TPSA) is 80.1 Å². The molecule has 0 radical (unpaired) electrons. The van der Waals surface area contributed by atoms with Gasteiger partial charge in [-0.15, -0.1) is 10.2 Å². The zero-order valence-electron chi connectivity index (χ0n) is 13.4. The van der Waals surface area contributed by atoms with E-state index < -0.39 is 0 Å². The van der Waals surface area contributed by atoms with Crippen LogP contribution in [0.3, 0.4) is 0 Å². The zero-order valence-corrected chi connectivity index (χ0v) is 14.2. The van der Waals surface area contributed by atoms with E-state index in [0.29, 0.717) is 10.8 Å². The summed E-state index contributed by atoms with van der Waals surface area (Å²) in [6, 6.07) is 5.43. The summed E-state index contributed by atoms with van der Waals surface area (Å²) in [6.45, 7) is 2.60. The maximum Gasteiger partial charge on any atom is 0.243 e. The summed E-state index contributed by atoms with van der Waals surface area (Å²) in [4.78, 5) is 25.3. The fourth-order valence-corrected chi connectivity index (χ4v) is 2.77. The monoisotopic (exact) mass is 351 g/mol. The van der Waals surface area contributed by atoms with Crippen molar-refractivity contribution in [3.8, 4) is 0 Å². The van der Waals surface area contributed by atoms with Gasteiger partial charge in [-0.2, -0.15) is 0 Å². The van der Waals surface area contributed by atoms with Crippen LogP contribution in [-0.4, -0.2) is 50.8 Å². The van der Waals surface area contributed by atoms with E-state index >= 15 is 0 Å². The lowest BCUT2D eigenvalue weighted by molar-refractivity contribution is -0.131. The Hall–Kier alpha value is -2.42. The summed E-state index contributed by atoms with van der Waals surface area (Å²) in [5.41, 5.74) is 0.479. The highest BCUT2D eigenvalue weighted by Crippen LogP contribution is 2.15.